The maximum atomic E-state index is 11.9. The van der Waals surface area contributed by atoms with Gasteiger partial charge in [0, 0.05) is 0 Å². The fraction of sp³-hybridized carbons (Fsp3) is 0.200. The second-order valence-electron chi connectivity index (χ2n) is 3.42. The zero-order chi connectivity index (χ0) is 11.2. The normalized spacial score (nSPS) is 19.5. The van der Waals surface area contributed by atoms with Gasteiger partial charge in [-0.15, -0.1) is 0 Å². The summed E-state index contributed by atoms with van der Waals surface area (Å²) in [6, 6.07) is 4.46. The van der Waals surface area contributed by atoms with Crippen LogP contribution in [0.3, 0.4) is 0 Å². The summed E-state index contributed by atoms with van der Waals surface area (Å²) in [5.41, 5.74) is 0.422. The van der Waals surface area contributed by atoms with E-state index < -0.39 is 15.9 Å². The minimum atomic E-state index is -3.72. The van der Waals surface area contributed by atoms with Crippen LogP contribution in [0.1, 0.15) is 12.5 Å². The average molecular weight is 226 g/mol. The molecule has 2 N–H and O–H groups in total. The number of aliphatic hydroxyl groups is 1. The second kappa shape index (κ2) is 3.08. The number of aliphatic hydroxyl groups excluding tert-OH is 1. The summed E-state index contributed by atoms with van der Waals surface area (Å²) in [6.07, 6.45) is 0.316. The maximum Gasteiger partial charge on any atom is 0.209 e. The first-order chi connectivity index (χ1) is 6.94. The van der Waals surface area contributed by atoms with E-state index in [9.17, 15) is 18.6 Å². The van der Waals surface area contributed by atoms with Gasteiger partial charge in [-0.05, 0) is 24.6 Å². The maximum absolute atomic E-state index is 11.9. The molecular weight excluding hydrogens is 216 g/mol. The van der Waals surface area contributed by atoms with Crippen molar-refractivity contribution >= 4 is 15.9 Å². The molecule has 4 nitrogen and oxygen atoms in total. The van der Waals surface area contributed by atoms with Crippen molar-refractivity contribution in [2.45, 2.75) is 17.9 Å². The Labute approximate surface area is 87.4 Å². The molecule has 80 valence electrons. The summed E-state index contributed by atoms with van der Waals surface area (Å²) in [7, 11) is -3.72. The molecule has 1 aromatic carbocycles. The fourth-order valence-corrected chi connectivity index (χ4v) is 3.39. The van der Waals surface area contributed by atoms with Gasteiger partial charge < -0.3 is 10.2 Å². The molecule has 0 aliphatic carbocycles. The number of fused-ring (bicyclic) bond motifs is 1. The van der Waals surface area contributed by atoms with E-state index >= 15 is 0 Å². The Morgan fingerprint density at radius 3 is 2.53 bits per heavy atom. The Bertz CT molecular complexity index is 541. The summed E-state index contributed by atoms with van der Waals surface area (Å²) in [5.74, 6) is -0.278. The van der Waals surface area contributed by atoms with Gasteiger partial charge in [-0.3, -0.25) is 0 Å². The van der Waals surface area contributed by atoms with Crippen molar-refractivity contribution < 1.29 is 18.6 Å². The van der Waals surface area contributed by atoms with E-state index in [0.717, 1.165) is 0 Å². The third-order valence-electron chi connectivity index (χ3n) is 2.31. The summed E-state index contributed by atoms with van der Waals surface area (Å²) >= 11 is 0. The Hall–Kier alpha value is -1.33. The van der Waals surface area contributed by atoms with Gasteiger partial charge in [-0.1, -0.05) is 12.1 Å². The average Bonchev–Trinajstić information content (AvgIpc) is 2.39. The van der Waals surface area contributed by atoms with Crippen LogP contribution in [0.15, 0.2) is 28.0 Å². The third kappa shape index (κ3) is 1.35. The number of phenolic OH excluding ortho intramolecular Hbond substituents is 1. The third-order valence-corrected chi connectivity index (χ3v) is 4.38. The van der Waals surface area contributed by atoms with Gasteiger partial charge in [-0.25, -0.2) is 8.42 Å². The van der Waals surface area contributed by atoms with Crippen LogP contribution in [0.2, 0.25) is 0 Å². The van der Waals surface area contributed by atoms with Gasteiger partial charge in [-0.2, -0.15) is 0 Å². The number of rotatable bonds is 1. The van der Waals surface area contributed by atoms with Crippen LogP contribution in [0.4, 0.5) is 0 Å². The fourth-order valence-electron chi connectivity index (χ4n) is 1.64. The highest BCUT2D eigenvalue weighted by atomic mass is 32.2. The van der Waals surface area contributed by atoms with Crippen molar-refractivity contribution in [1.82, 2.24) is 0 Å². The number of hydrogen-bond donors (Lipinski definition) is 2. The number of hydrogen-bond acceptors (Lipinski definition) is 4. The van der Waals surface area contributed by atoms with Crippen LogP contribution in [0.25, 0.3) is 6.08 Å². The summed E-state index contributed by atoms with van der Waals surface area (Å²) in [5, 5.41) is 18.8. The first-order valence-electron chi connectivity index (χ1n) is 4.41. The van der Waals surface area contributed by atoms with Crippen LogP contribution in [-0.4, -0.2) is 24.7 Å². The summed E-state index contributed by atoms with van der Waals surface area (Å²) < 4.78 is 23.7. The summed E-state index contributed by atoms with van der Waals surface area (Å²) in [6.45, 7) is 1.38. The minimum Gasteiger partial charge on any atom is -0.507 e. The molecule has 1 aliphatic heterocycles. The highest BCUT2D eigenvalue weighted by Gasteiger charge is 2.34. The molecular formula is C10H10O4S. The molecule has 15 heavy (non-hydrogen) atoms. The van der Waals surface area contributed by atoms with Crippen molar-refractivity contribution in [3.8, 4) is 5.75 Å². The van der Waals surface area contributed by atoms with Gasteiger partial charge in [0.2, 0.25) is 9.84 Å². The van der Waals surface area contributed by atoms with Gasteiger partial charge in [0.05, 0.1) is 11.0 Å². The van der Waals surface area contributed by atoms with Crippen LogP contribution >= 0.6 is 0 Å². The highest BCUT2D eigenvalue weighted by molar-refractivity contribution is 7.96. The van der Waals surface area contributed by atoms with Gasteiger partial charge in [0.25, 0.3) is 0 Å². The predicted octanol–water partition coefficient (Wildman–Crippen LogP) is 0.901. The lowest BCUT2D eigenvalue weighted by molar-refractivity contribution is 0.240. The Morgan fingerprint density at radius 1 is 1.33 bits per heavy atom. The quantitative estimate of drug-likeness (QED) is 0.746. The van der Waals surface area contributed by atoms with E-state index in [2.05, 4.69) is 0 Å². The number of aromatic hydroxyl groups is 1. The second-order valence-corrected chi connectivity index (χ2v) is 5.31. The molecule has 0 radical (unpaired) electrons. The monoisotopic (exact) mass is 226 g/mol. The first kappa shape index (κ1) is 10.2. The Balaban J connectivity index is 2.75. The molecule has 1 aromatic rings. The zero-order valence-electron chi connectivity index (χ0n) is 8.01. The molecule has 2 rings (SSSR count). The smallest absolute Gasteiger partial charge is 0.209 e. The molecule has 0 amide bonds. The van der Waals surface area contributed by atoms with Crippen molar-refractivity contribution in [1.29, 1.82) is 0 Å². The lowest BCUT2D eigenvalue weighted by Crippen LogP contribution is -2.12. The molecule has 0 saturated carbocycles. The topological polar surface area (TPSA) is 74.6 Å². The standard InChI is InChI=1S/C10H10O4S/c1-6(11)9-5-7-3-2-4-8(12)10(7)15(9,13)14/h2-6,11-12H,1H3. The van der Waals surface area contributed by atoms with Crippen molar-refractivity contribution in [3.05, 3.63) is 28.7 Å². The van der Waals surface area contributed by atoms with Crippen LogP contribution < -0.4 is 0 Å². The van der Waals surface area contributed by atoms with Crippen molar-refractivity contribution in [2.75, 3.05) is 0 Å². The zero-order valence-corrected chi connectivity index (χ0v) is 8.82. The molecule has 0 spiro atoms. The van der Waals surface area contributed by atoms with Crippen LogP contribution in [-0.2, 0) is 9.84 Å². The minimum absolute atomic E-state index is 0.0704. The molecule has 1 heterocycles. The van der Waals surface area contributed by atoms with Crippen molar-refractivity contribution in [2.24, 2.45) is 0 Å². The molecule has 1 atom stereocenters. The lowest BCUT2D eigenvalue weighted by Gasteiger charge is -2.06. The first-order valence-corrected chi connectivity index (χ1v) is 5.89. The predicted molar refractivity (Wildman–Crippen MR) is 55.0 cm³/mol. The number of sulfone groups is 1. The van der Waals surface area contributed by atoms with E-state index in [4.69, 9.17) is 0 Å². The number of phenols is 1. The van der Waals surface area contributed by atoms with Gasteiger partial charge >= 0.3 is 0 Å². The highest BCUT2D eigenvalue weighted by Crippen LogP contribution is 2.39. The Morgan fingerprint density at radius 2 is 2.00 bits per heavy atom. The van der Waals surface area contributed by atoms with Gasteiger partial charge in [0.15, 0.2) is 0 Å². The van der Waals surface area contributed by atoms with E-state index in [-0.39, 0.29) is 15.6 Å². The van der Waals surface area contributed by atoms with Gasteiger partial charge in [0.1, 0.15) is 10.6 Å². The van der Waals surface area contributed by atoms with E-state index in [1.54, 1.807) is 12.1 Å². The molecule has 1 unspecified atom stereocenters. The molecule has 5 heteroatoms. The van der Waals surface area contributed by atoms with Crippen LogP contribution in [0, 0.1) is 0 Å². The largest absolute Gasteiger partial charge is 0.507 e. The Kier molecular flexibility index (Phi) is 2.09. The van der Waals surface area contributed by atoms with E-state index in [1.807, 2.05) is 0 Å². The van der Waals surface area contributed by atoms with Crippen molar-refractivity contribution in [3.63, 3.8) is 0 Å². The molecule has 0 fully saturated rings. The summed E-state index contributed by atoms with van der Waals surface area (Å²) in [4.78, 5) is -0.181. The number of benzene rings is 1. The lowest BCUT2D eigenvalue weighted by atomic mass is 10.2. The van der Waals surface area contributed by atoms with E-state index in [0.29, 0.717) is 5.56 Å². The van der Waals surface area contributed by atoms with E-state index in [1.165, 1.54) is 19.1 Å². The molecule has 1 aliphatic rings. The molecule has 0 saturated heterocycles. The van der Waals surface area contributed by atoms with Crippen LogP contribution in [0.5, 0.6) is 5.75 Å². The molecule has 0 bridgehead atoms. The molecule has 0 aromatic heterocycles. The SMILES string of the molecule is CC(O)C1=Cc2cccc(O)c2S1(=O)=O.